The molecule has 16 heavy (non-hydrogen) atoms. The van der Waals surface area contributed by atoms with Crippen LogP contribution in [0.3, 0.4) is 0 Å². The fraction of sp³-hybridized carbons (Fsp3) is 0.417. The van der Waals surface area contributed by atoms with Gasteiger partial charge in [-0.15, -0.1) is 0 Å². The second-order valence-corrected chi connectivity index (χ2v) is 5.20. The van der Waals surface area contributed by atoms with Crippen molar-refractivity contribution in [3.05, 3.63) is 29.8 Å². The molecule has 1 aromatic carbocycles. The Kier molecular flexibility index (Phi) is 3.72. The number of rotatable bonds is 3. The molecule has 1 amide bonds. The van der Waals surface area contributed by atoms with Gasteiger partial charge in [-0.25, -0.2) is 0 Å². The molecule has 1 saturated heterocycles. The number of nitrogens with one attached hydrogen (secondary N) is 1. The monoisotopic (exact) mass is 236 g/mol. The third kappa shape index (κ3) is 3.17. The second kappa shape index (κ2) is 5.25. The number of carbonyl (C=O) groups is 1. The van der Waals surface area contributed by atoms with E-state index >= 15 is 0 Å². The van der Waals surface area contributed by atoms with Crippen LogP contribution >= 0.6 is 11.8 Å². The molecule has 0 saturated carbocycles. The summed E-state index contributed by atoms with van der Waals surface area (Å²) < 4.78 is 0. The molecule has 1 heterocycles. The molecule has 3 nitrogen and oxygen atoms in total. The minimum absolute atomic E-state index is 0.109. The summed E-state index contributed by atoms with van der Waals surface area (Å²) in [6, 6.07) is 7.82. The summed E-state index contributed by atoms with van der Waals surface area (Å²) >= 11 is 1.90. The lowest BCUT2D eigenvalue weighted by Gasteiger charge is -2.11. The van der Waals surface area contributed by atoms with E-state index in [0.717, 1.165) is 29.2 Å². The van der Waals surface area contributed by atoms with E-state index in [0.29, 0.717) is 12.5 Å². The summed E-state index contributed by atoms with van der Waals surface area (Å²) in [5.41, 5.74) is 7.33. The highest BCUT2D eigenvalue weighted by molar-refractivity contribution is 7.99. The molecule has 1 unspecified atom stereocenters. The van der Waals surface area contributed by atoms with Crippen LogP contribution in [0.2, 0.25) is 0 Å². The zero-order valence-corrected chi connectivity index (χ0v) is 9.93. The van der Waals surface area contributed by atoms with Gasteiger partial charge in [0.1, 0.15) is 0 Å². The average molecular weight is 236 g/mol. The highest BCUT2D eigenvalue weighted by atomic mass is 32.2. The van der Waals surface area contributed by atoms with Gasteiger partial charge in [0, 0.05) is 17.5 Å². The van der Waals surface area contributed by atoms with Crippen molar-refractivity contribution in [3.8, 4) is 0 Å². The molecule has 1 aliphatic rings. The lowest BCUT2D eigenvalue weighted by Crippen LogP contribution is -2.35. The van der Waals surface area contributed by atoms with E-state index in [-0.39, 0.29) is 5.91 Å². The molecule has 0 radical (unpaired) electrons. The highest BCUT2D eigenvalue weighted by Crippen LogP contribution is 2.17. The third-order valence-corrected chi connectivity index (χ3v) is 3.80. The molecule has 3 N–H and O–H groups in total. The molecule has 2 rings (SSSR count). The first-order valence-corrected chi connectivity index (χ1v) is 6.61. The largest absolute Gasteiger partial charge is 0.399 e. The number of anilines is 1. The van der Waals surface area contributed by atoms with Crippen LogP contribution in [0.4, 0.5) is 5.69 Å². The Morgan fingerprint density at radius 3 is 2.81 bits per heavy atom. The number of hydrogen-bond acceptors (Lipinski definition) is 3. The van der Waals surface area contributed by atoms with E-state index in [2.05, 4.69) is 5.32 Å². The van der Waals surface area contributed by atoms with E-state index < -0.39 is 0 Å². The van der Waals surface area contributed by atoms with Gasteiger partial charge in [-0.2, -0.15) is 11.8 Å². The predicted octanol–water partition coefficient (Wildman–Crippen LogP) is 1.43. The first kappa shape index (κ1) is 11.3. The molecule has 4 heteroatoms. The van der Waals surface area contributed by atoms with Crippen LogP contribution < -0.4 is 11.1 Å². The fourth-order valence-corrected chi connectivity index (χ4v) is 2.90. The van der Waals surface area contributed by atoms with Crippen molar-refractivity contribution in [1.82, 2.24) is 5.32 Å². The number of nitrogen functional groups attached to an aromatic ring is 1. The Morgan fingerprint density at radius 1 is 1.44 bits per heavy atom. The highest BCUT2D eigenvalue weighted by Gasteiger charge is 2.17. The van der Waals surface area contributed by atoms with Gasteiger partial charge >= 0.3 is 0 Å². The number of thioether (sulfide) groups is 1. The smallest absolute Gasteiger partial charge is 0.224 e. The molecule has 0 spiro atoms. The van der Waals surface area contributed by atoms with Crippen LogP contribution in [0.15, 0.2) is 24.3 Å². The molecular weight excluding hydrogens is 220 g/mol. The maximum atomic E-state index is 11.7. The number of carbonyl (C=O) groups excluding carboxylic acids is 1. The maximum Gasteiger partial charge on any atom is 0.224 e. The minimum Gasteiger partial charge on any atom is -0.399 e. The molecule has 1 fully saturated rings. The zero-order chi connectivity index (χ0) is 11.4. The van der Waals surface area contributed by atoms with Gasteiger partial charge in [-0.1, -0.05) is 12.1 Å². The van der Waals surface area contributed by atoms with Gasteiger partial charge in [-0.3, -0.25) is 4.79 Å². The molecule has 0 aromatic heterocycles. The number of amides is 1. The maximum absolute atomic E-state index is 11.7. The average Bonchev–Trinajstić information content (AvgIpc) is 2.74. The summed E-state index contributed by atoms with van der Waals surface area (Å²) in [6.07, 6.45) is 1.54. The van der Waals surface area contributed by atoms with Crippen LogP contribution in [-0.4, -0.2) is 23.5 Å². The van der Waals surface area contributed by atoms with Crippen LogP contribution in [0.25, 0.3) is 0 Å². The molecule has 0 bridgehead atoms. The third-order valence-electron chi connectivity index (χ3n) is 2.64. The predicted molar refractivity (Wildman–Crippen MR) is 68.4 cm³/mol. The van der Waals surface area contributed by atoms with Crippen LogP contribution in [0, 0.1) is 0 Å². The molecule has 1 atom stereocenters. The van der Waals surface area contributed by atoms with Gasteiger partial charge < -0.3 is 11.1 Å². The van der Waals surface area contributed by atoms with Crippen molar-refractivity contribution < 1.29 is 4.79 Å². The van der Waals surface area contributed by atoms with Crippen molar-refractivity contribution >= 4 is 23.4 Å². The SMILES string of the molecule is Nc1ccc(CC(=O)NC2CCSC2)cc1. The van der Waals surface area contributed by atoms with E-state index in [4.69, 9.17) is 5.73 Å². The Bertz CT molecular complexity index is 358. The zero-order valence-electron chi connectivity index (χ0n) is 9.11. The molecule has 0 aliphatic carbocycles. The topological polar surface area (TPSA) is 55.1 Å². The first-order valence-electron chi connectivity index (χ1n) is 5.45. The normalized spacial score (nSPS) is 19.6. The summed E-state index contributed by atoms with van der Waals surface area (Å²) in [5, 5.41) is 3.05. The lowest BCUT2D eigenvalue weighted by atomic mass is 10.1. The Morgan fingerprint density at radius 2 is 2.19 bits per heavy atom. The van der Waals surface area contributed by atoms with Gasteiger partial charge in [0.25, 0.3) is 0 Å². The van der Waals surface area contributed by atoms with Gasteiger partial charge in [0.2, 0.25) is 5.91 Å². The van der Waals surface area contributed by atoms with E-state index in [1.807, 2.05) is 36.0 Å². The summed E-state index contributed by atoms with van der Waals surface area (Å²) in [6.45, 7) is 0. The van der Waals surface area contributed by atoms with Crippen LogP contribution in [-0.2, 0) is 11.2 Å². The van der Waals surface area contributed by atoms with E-state index in [1.165, 1.54) is 0 Å². The van der Waals surface area contributed by atoms with Crippen molar-refractivity contribution in [2.45, 2.75) is 18.9 Å². The van der Waals surface area contributed by atoms with E-state index in [9.17, 15) is 4.79 Å². The Balaban J connectivity index is 1.84. The second-order valence-electron chi connectivity index (χ2n) is 4.05. The quantitative estimate of drug-likeness (QED) is 0.781. The Labute approximate surface area is 99.8 Å². The summed E-state index contributed by atoms with van der Waals surface area (Å²) in [7, 11) is 0. The van der Waals surface area contributed by atoms with Crippen molar-refractivity contribution in [2.75, 3.05) is 17.2 Å². The number of benzene rings is 1. The van der Waals surface area contributed by atoms with Crippen molar-refractivity contribution in [1.29, 1.82) is 0 Å². The Hall–Kier alpha value is -1.16. The van der Waals surface area contributed by atoms with Crippen LogP contribution in [0.1, 0.15) is 12.0 Å². The minimum atomic E-state index is 0.109. The van der Waals surface area contributed by atoms with Crippen molar-refractivity contribution in [3.63, 3.8) is 0 Å². The fourth-order valence-electron chi connectivity index (χ4n) is 1.75. The van der Waals surface area contributed by atoms with Crippen LogP contribution in [0.5, 0.6) is 0 Å². The molecule has 1 aliphatic heterocycles. The van der Waals surface area contributed by atoms with Gasteiger partial charge in [-0.05, 0) is 29.9 Å². The van der Waals surface area contributed by atoms with Gasteiger partial charge in [0.05, 0.1) is 6.42 Å². The van der Waals surface area contributed by atoms with Gasteiger partial charge in [0.15, 0.2) is 0 Å². The van der Waals surface area contributed by atoms with E-state index in [1.54, 1.807) is 0 Å². The van der Waals surface area contributed by atoms with Crippen molar-refractivity contribution in [2.24, 2.45) is 0 Å². The summed E-state index contributed by atoms with van der Waals surface area (Å²) in [5.74, 6) is 2.32. The number of nitrogens with two attached hydrogens (primary N) is 1. The lowest BCUT2D eigenvalue weighted by molar-refractivity contribution is -0.120. The molecule has 1 aromatic rings. The molecule has 86 valence electrons. The number of hydrogen-bond donors (Lipinski definition) is 2. The summed E-state index contributed by atoms with van der Waals surface area (Å²) in [4.78, 5) is 11.7. The first-order chi connectivity index (χ1) is 7.74. The molecular formula is C12H16N2OS. The standard InChI is InChI=1S/C12H16N2OS/c13-10-3-1-9(2-4-10)7-12(15)14-11-5-6-16-8-11/h1-4,11H,5-8,13H2,(H,14,15).